The van der Waals surface area contributed by atoms with E-state index in [1.54, 1.807) is 6.07 Å². The number of methoxy groups -OCH3 is 1. The monoisotopic (exact) mass is 518 g/mol. The van der Waals surface area contributed by atoms with Gasteiger partial charge in [-0.1, -0.05) is 53.5 Å². The summed E-state index contributed by atoms with van der Waals surface area (Å²) in [4.78, 5) is 17.4. The lowest BCUT2D eigenvalue weighted by Crippen LogP contribution is -2.49. The molecule has 190 valence electrons. The first-order valence-corrected chi connectivity index (χ1v) is 13.4. The molecule has 2 aromatic rings. The van der Waals surface area contributed by atoms with Crippen molar-refractivity contribution in [1.29, 1.82) is 0 Å². The summed E-state index contributed by atoms with van der Waals surface area (Å²) in [5.41, 5.74) is 2.08. The third-order valence-corrected chi connectivity index (χ3v) is 8.37. The number of likely N-dealkylation sites (tertiary alicyclic amines) is 2. The molecule has 0 N–H and O–H groups in total. The van der Waals surface area contributed by atoms with Crippen LogP contribution in [0, 0.1) is 12.8 Å². The van der Waals surface area contributed by atoms with Crippen molar-refractivity contribution in [3.05, 3.63) is 63.6 Å². The van der Waals surface area contributed by atoms with Crippen LogP contribution in [0.2, 0.25) is 10.0 Å². The first-order valence-electron chi connectivity index (χ1n) is 12.6. The van der Waals surface area contributed by atoms with Gasteiger partial charge in [0.15, 0.2) is 0 Å². The molecule has 1 atom stereocenters. The molecule has 0 spiro atoms. The number of ether oxygens (including phenoxy) is 2. The Hall–Kier alpha value is -1.79. The Bertz CT molecular complexity index is 972. The summed E-state index contributed by atoms with van der Waals surface area (Å²) in [6.45, 7) is 7.04. The average molecular weight is 520 g/mol. The number of benzene rings is 2. The van der Waals surface area contributed by atoms with Crippen molar-refractivity contribution in [3.63, 3.8) is 0 Å². The van der Waals surface area contributed by atoms with E-state index in [1.165, 1.54) is 12.7 Å². The molecule has 2 saturated heterocycles. The SMILES string of the molecule is COC(=O)C(Cc1ccccc1)N1CCC(CN2CCC(Oc3ccc(Cl)c(Cl)c3C)CC2)CC1. The van der Waals surface area contributed by atoms with E-state index in [1.807, 2.05) is 31.2 Å². The number of carbonyl (C=O) groups excluding carboxylic acids is 1. The molecule has 0 saturated carbocycles. The van der Waals surface area contributed by atoms with Gasteiger partial charge in [-0.15, -0.1) is 0 Å². The van der Waals surface area contributed by atoms with Crippen molar-refractivity contribution in [3.8, 4) is 5.75 Å². The Kier molecular flexibility index (Phi) is 9.34. The molecule has 4 rings (SSSR count). The van der Waals surface area contributed by atoms with Crippen molar-refractivity contribution in [2.75, 3.05) is 39.8 Å². The summed E-state index contributed by atoms with van der Waals surface area (Å²) in [6.07, 6.45) is 5.16. The number of carbonyl (C=O) groups is 1. The Balaban J connectivity index is 1.23. The predicted molar refractivity (Wildman–Crippen MR) is 142 cm³/mol. The Morgan fingerprint density at radius 2 is 1.69 bits per heavy atom. The number of esters is 1. The molecule has 0 radical (unpaired) electrons. The lowest BCUT2D eigenvalue weighted by Gasteiger charge is -2.39. The molecule has 0 bridgehead atoms. The molecule has 0 aliphatic carbocycles. The third-order valence-electron chi connectivity index (χ3n) is 7.47. The van der Waals surface area contributed by atoms with Gasteiger partial charge in [0, 0.05) is 25.2 Å². The second kappa shape index (κ2) is 12.4. The standard InChI is InChI=1S/C28H36Cl2N2O3/c1-20-26(9-8-24(29)27(20)30)35-23-12-14-31(15-13-23)19-22-10-16-32(17-11-22)25(28(33)34-2)18-21-6-4-3-5-7-21/h3-9,22-23,25H,10-19H2,1-2H3. The number of rotatable bonds is 8. The van der Waals surface area contributed by atoms with Crippen molar-refractivity contribution in [2.24, 2.45) is 5.92 Å². The van der Waals surface area contributed by atoms with E-state index in [2.05, 4.69) is 21.9 Å². The summed E-state index contributed by atoms with van der Waals surface area (Å²) in [7, 11) is 1.49. The van der Waals surface area contributed by atoms with Crippen LogP contribution < -0.4 is 4.74 Å². The van der Waals surface area contributed by atoms with Crippen LogP contribution in [0.5, 0.6) is 5.75 Å². The van der Waals surface area contributed by atoms with E-state index in [4.69, 9.17) is 32.7 Å². The smallest absolute Gasteiger partial charge is 0.323 e. The van der Waals surface area contributed by atoms with E-state index in [0.29, 0.717) is 22.4 Å². The topological polar surface area (TPSA) is 42.0 Å². The Labute approximate surface area is 219 Å². The summed E-state index contributed by atoms with van der Waals surface area (Å²) >= 11 is 12.4. The maximum Gasteiger partial charge on any atom is 0.323 e. The normalized spacial score (nSPS) is 19.4. The van der Waals surface area contributed by atoms with E-state index >= 15 is 0 Å². The predicted octanol–water partition coefficient (Wildman–Crippen LogP) is 5.64. The number of nitrogens with zero attached hydrogens (tertiary/aromatic N) is 2. The van der Waals surface area contributed by atoms with Crippen molar-refractivity contribution < 1.29 is 14.3 Å². The lowest BCUT2D eigenvalue weighted by atomic mass is 9.93. The minimum absolute atomic E-state index is 0.133. The average Bonchev–Trinajstić information content (AvgIpc) is 2.89. The molecule has 2 aliphatic heterocycles. The van der Waals surface area contributed by atoms with Crippen LogP contribution in [0.4, 0.5) is 0 Å². The molecule has 2 heterocycles. The Morgan fingerprint density at radius 3 is 2.34 bits per heavy atom. The number of hydrogen-bond acceptors (Lipinski definition) is 5. The van der Waals surface area contributed by atoms with E-state index in [0.717, 1.165) is 69.7 Å². The van der Waals surface area contributed by atoms with Gasteiger partial charge in [0.05, 0.1) is 17.2 Å². The van der Waals surface area contributed by atoms with Crippen LogP contribution in [0.25, 0.3) is 0 Å². The highest BCUT2D eigenvalue weighted by Crippen LogP contribution is 2.33. The van der Waals surface area contributed by atoms with Crippen LogP contribution in [-0.2, 0) is 16.0 Å². The summed E-state index contributed by atoms with van der Waals surface area (Å²) < 4.78 is 11.4. The molecule has 5 nitrogen and oxygen atoms in total. The van der Waals surface area contributed by atoms with Gasteiger partial charge in [0.25, 0.3) is 0 Å². The second-order valence-corrected chi connectivity index (χ2v) is 10.6. The highest BCUT2D eigenvalue weighted by atomic mass is 35.5. The van der Waals surface area contributed by atoms with Gasteiger partial charge in [-0.05, 0) is 75.7 Å². The fraction of sp³-hybridized carbons (Fsp3) is 0.536. The first kappa shape index (κ1) is 26.3. The first-order chi connectivity index (χ1) is 16.9. The van der Waals surface area contributed by atoms with Crippen LogP contribution in [0.3, 0.4) is 0 Å². The molecule has 35 heavy (non-hydrogen) atoms. The van der Waals surface area contributed by atoms with Gasteiger partial charge < -0.3 is 14.4 Å². The zero-order valence-electron chi connectivity index (χ0n) is 20.7. The minimum Gasteiger partial charge on any atom is -0.490 e. The Morgan fingerprint density at radius 1 is 1.00 bits per heavy atom. The van der Waals surface area contributed by atoms with Crippen LogP contribution in [0.15, 0.2) is 42.5 Å². The number of halogens is 2. The van der Waals surface area contributed by atoms with Gasteiger partial charge in [-0.3, -0.25) is 9.69 Å². The molecule has 1 unspecified atom stereocenters. The molecule has 0 aromatic heterocycles. The molecule has 7 heteroatoms. The molecule has 2 aromatic carbocycles. The van der Waals surface area contributed by atoms with Crippen molar-refractivity contribution in [1.82, 2.24) is 9.80 Å². The molecule has 2 aliphatic rings. The van der Waals surface area contributed by atoms with E-state index < -0.39 is 0 Å². The van der Waals surface area contributed by atoms with E-state index in [-0.39, 0.29) is 18.1 Å². The van der Waals surface area contributed by atoms with Crippen LogP contribution in [-0.4, -0.2) is 67.7 Å². The summed E-state index contributed by atoms with van der Waals surface area (Å²) in [5.74, 6) is 1.36. The summed E-state index contributed by atoms with van der Waals surface area (Å²) in [5, 5.41) is 1.14. The van der Waals surface area contributed by atoms with Crippen LogP contribution >= 0.6 is 23.2 Å². The molecular weight excluding hydrogens is 483 g/mol. The second-order valence-electron chi connectivity index (χ2n) is 9.81. The zero-order valence-corrected chi connectivity index (χ0v) is 22.2. The number of piperidine rings is 2. The van der Waals surface area contributed by atoms with Crippen molar-refractivity contribution in [2.45, 2.75) is 51.2 Å². The molecule has 0 amide bonds. The fourth-order valence-corrected chi connectivity index (χ4v) is 5.66. The van der Waals surface area contributed by atoms with Gasteiger partial charge in [-0.25, -0.2) is 0 Å². The van der Waals surface area contributed by atoms with Crippen molar-refractivity contribution >= 4 is 29.2 Å². The maximum atomic E-state index is 12.5. The number of hydrogen-bond donors (Lipinski definition) is 0. The highest BCUT2D eigenvalue weighted by Gasteiger charge is 2.32. The fourth-order valence-electron chi connectivity index (χ4n) is 5.30. The van der Waals surface area contributed by atoms with Gasteiger partial charge in [0.1, 0.15) is 17.9 Å². The van der Waals surface area contributed by atoms with Gasteiger partial charge in [-0.2, -0.15) is 0 Å². The minimum atomic E-state index is -0.207. The molecular formula is C28H36Cl2N2O3. The van der Waals surface area contributed by atoms with Gasteiger partial charge >= 0.3 is 5.97 Å². The van der Waals surface area contributed by atoms with E-state index in [9.17, 15) is 4.79 Å². The maximum absolute atomic E-state index is 12.5. The zero-order chi connectivity index (χ0) is 24.8. The molecule has 2 fully saturated rings. The largest absolute Gasteiger partial charge is 0.490 e. The summed E-state index contributed by atoms with van der Waals surface area (Å²) in [6, 6.07) is 13.7. The van der Waals surface area contributed by atoms with Crippen LogP contribution in [0.1, 0.15) is 36.8 Å². The van der Waals surface area contributed by atoms with Gasteiger partial charge in [0.2, 0.25) is 0 Å². The highest BCUT2D eigenvalue weighted by molar-refractivity contribution is 6.42. The quantitative estimate of drug-likeness (QED) is 0.423. The third kappa shape index (κ3) is 6.91. The lowest BCUT2D eigenvalue weighted by molar-refractivity contribution is -0.147.